The van der Waals surface area contributed by atoms with E-state index in [0.29, 0.717) is 0 Å². The van der Waals surface area contributed by atoms with E-state index in [4.69, 9.17) is 0 Å². The van der Waals surface area contributed by atoms with Gasteiger partial charge in [-0.2, -0.15) is 0 Å². The van der Waals surface area contributed by atoms with Crippen LogP contribution in [0.1, 0.15) is 5.56 Å². The average molecular weight is 239 g/mol. The van der Waals surface area contributed by atoms with Gasteiger partial charge in [-0.1, -0.05) is 17.3 Å². The second kappa shape index (κ2) is 4.75. The largest absolute Gasteiger partial charge is 0.379 e. The fourth-order valence-corrected chi connectivity index (χ4v) is 1.83. The Morgan fingerprint density at radius 3 is 2.94 bits per heavy atom. The lowest BCUT2D eigenvalue weighted by atomic mass is 10.2. The van der Waals surface area contributed by atoms with Crippen LogP contribution in [0.4, 0.5) is 5.69 Å². The van der Waals surface area contributed by atoms with E-state index in [2.05, 4.69) is 20.6 Å². The van der Waals surface area contributed by atoms with Gasteiger partial charge in [0.1, 0.15) is 0 Å². The Bertz CT molecular complexity index is 598. The first kappa shape index (κ1) is 10.6. The maximum Gasteiger partial charge on any atom is 0.0894 e. The van der Waals surface area contributed by atoms with Gasteiger partial charge in [0.2, 0.25) is 0 Å². The number of hydrogen-bond donors (Lipinski definition) is 2. The molecular weight excluding hydrogens is 226 g/mol. The smallest absolute Gasteiger partial charge is 0.0894 e. The van der Waals surface area contributed by atoms with Gasteiger partial charge in [0.25, 0.3) is 0 Å². The molecule has 0 saturated carbocycles. The van der Waals surface area contributed by atoms with E-state index in [9.17, 15) is 0 Å². The van der Waals surface area contributed by atoms with E-state index in [1.807, 2.05) is 48.9 Å². The first-order valence-corrected chi connectivity index (χ1v) is 5.75. The molecule has 2 heterocycles. The van der Waals surface area contributed by atoms with Crippen molar-refractivity contribution in [1.29, 1.82) is 0 Å². The van der Waals surface area contributed by atoms with Crippen LogP contribution in [0.25, 0.3) is 5.69 Å². The van der Waals surface area contributed by atoms with Gasteiger partial charge < -0.3 is 10.3 Å². The third kappa shape index (κ3) is 2.10. The van der Waals surface area contributed by atoms with Gasteiger partial charge in [-0.05, 0) is 23.8 Å². The molecule has 0 spiro atoms. The summed E-state index contributed by atoms with van der Waals surface area (Å²) in [7, 11) is 0. The van der Waals surface area contributed by atoms with Gasteiger partial charge in [-0.15, -0.1) is 5.10 Å². The molecule has 0 aliphatic heterocycles. The molecule has 0 amide bonds. The van der Waals surface area contributed by atoms with E-state index in [0.717, 1.165) is 17.9 Å². The molecule has 0 aliphatic rings. The Labute approximate surface area is 104 Å². The van der Waals surface area contributed by atoms with Crippen LogP contribution in [0, 0.1) is 0 Å². The quantitative estimate of drug-likeness (QED) is 0.733. The fraction of sp³-hybridized carbons (Fsp3) is 0.0769. The predicted molar refractivity (Wildman–Crippen MR) is 69.5 cm³/mol. The lowest BCUT2D eigenvalue weighted by Crippen LogP contribution is -2.04. The highest BCUT2D eigenvalue weighted by atomic mass is 15.4. The average Bonchev–Trinajstić information content (AvgIpc) is 3.10. The molecule has 5 nitrogen and oxygen atoms in total. The number of anilines is 1. The summed E-state index contributed by atoms with van der Waals surface area (Å²) in [6, 6.07) is 10.1. The minimum Gasteiger partial charge on any atom is -0.379 e. The molecule has 3 rings (SSSR count). The van der Waals surface area contributed by atoms with Crippen LogP contribution in [-0.2, 0) is 6.54 Å². The molecule has 0 atom stereocenters. The molecule has 5 heteroatoms. The van der Waals surface area contributed by atoms with Gasteiger partial charge >= 0.3 is 0 Å². The van der Waals surface area contributed by atoms with Crippen LogP contribution in [0.5, 0.6) is 0 Å². The van der Waals surface area contributed by atoms with Crippen molar-refractivity contribution >= 4 is 5.69 Å². The number of aromatic nitrogens is 4. The van der Waals surface area contributed by atoms with Crippen molar-refractivity contribution in [2.75, 3.05) is 5.32 Å². The highest BCUT2D eigenvalue weighted by molar-refractivity contribution is 5.60. The van der Waals surface area contributed by atoms with Crippen LogP contribution in [-0.4, -0.2) is 20.0 Å². The summed E-state index contributed by atoms with van der Waals surface area (Å²) in [5.41, 5.74) is 3.23. The Balaban J connectivity index is 1.84. The van der Waals surface area contributed by atoms with Crippen LogP contribution < -0.4 is 5.32 Å². The van der Waals surface area contributed by atoms with Gasteiger partial charge in [0.15, 0.2) is 0 Å². The minimum atomic E-state index is 0.773. The van der Waals surface area contributed by atoms with E-state index < -0.39 is 0 Å². The first-order chi connectivity index (χ1) is 8.93. The van der Waals surface area contributed by atoms with Crippen molar-refractivity contribution in [2.24, 2.45) is 0 Å². The molecule has 0 radical (unpaired) electrons. The van der Waals surface area contributed by atoms with E-state index in [-0.39, 0.29) is 0 Å². The Kier molecular flexibility index (Phi) is 2.79. The number of H-pyrrole nitrogens is 1. The van der Waals surface area contributed by atoms with E-state index in [1.54, 1.807) is 10.9 Å². The second-order valence-electron chi connectivity index (χ2n) is 3.94. The molecule has 1 aromatic carbocycles. The normalized spacial score (nSPS) is 10.4. The summed E-state index contributed by atoms with van der Waals surface area (Å²) in [6.07, 6.45) is 7.39. The van der Waals surface area contributed by atoms with Crippen molar-refractivity contribution in [3.8, 4) is 5.69 Å². The summed E-state index contributed by atoms with van der Waals surface area (Å²) in [6.45, 7) is 0.773. The fourth-order valence-electron chi connectivity index (χ4n) is 1.83. The minimum absolute atomic E-state index is 0.773. The monoisotopic (exact) mass is 239 g/mol. The Morgan fingerprint density at radius 1 is 1.22 bits per heavy atom. The van der Waals surface area contributed by atoms with Crippen LogP contribution in [0.15, 0.2) is 55.1 Å². The van der Waals surface area contributed by atoms with Crippen molar-refractivity contribution < 1.29 is 0 Å². The first-order valence-electron chi connectivity index (χ1n) is 5.75. The number of nitrogens with zero attached hydrogens (tertiary/aromatic N) is 3. The van der Waals surface area contributed by atoms with Crippen LogP contribution in [0.3, 0.4) is 0 Å². The maximum atomic E-state index is 4.01. The van der Waals surface area contributed by atoms with Crippen molar-refractivity contribution in [1.82, 2.24) is 20.0 Å². The van der Waals surface area contributed by atoms with Gasteiger partial charge in [0, 0.05) is 18.9 Å². The molecule has 0 unspecified atom stereocenters. The Hall–Kier alpha value is -2.56. The second-order valence-corrected chi connectivity index (χ2v) is 3.94. The lowest BCUT2D eigenvalue weighted by molar-refractivity contribution is 0.803. The highest BCUT2D eigenvalue weighted by Gasteiger charge is 2.04. The van der Waals surface area contributed by atoms with Crippen LogP contribution in [0.2, 0.25) is 0 Å². The SMILES string of the molecule is c1ccc(-n2ccnn2)c(NCc2cc[nH]c2)c1. The summed E-state index contributed by atoms with van der Waals surface area (Å²) in [4.78, 5) is 3.04. The molecule has 3 aromatic rings. The van der Waals surface area contributed by atoms with E-state index in [1.165, 1.54) is 5.56 Å². The summed E-state index contributed by atoms with van der Waals surface area (Å²) >= 11 is 0. The topological polar surface area (TPSA) is 58.5 Å². The number of para-hydroxylation sites is 2. The third-order valence-corrected chi connectivity index (χ3v) is 2.72. The summed E-state index contributed by atoms with van der Waals surface area (Å²) in [5.74, 6) is 0. The standard InChI is InChI=1S/C13H13N5/c1-2-4-13(18-8-7-16-17-18)12(3-1)15-10-11-5-6-14-9-11/h1-9,14-15H,10H2. The predicted octanol–water partition coefficient (Wildman–Crippen LogP) is 2.21. The zero-order chi connectivity index (χ0) is 12.2. The molecule has 90 valence electrons. The molecule has 18 heavy (non-hydrogen) atoms. The number of benzene rings is 1. The molecule has 0 saturated heterocycles. The summed E-state index contributed by atoms with van der Waals surface area (Å²) in [5, 5.41) is 11.2. The molecule has 0 fully saturated rings. The highest BCUT2D eigenvalue weighted by Crippen LogP contribution is 2.19. The number of nitrogens with one attached hydrogen (secondary N) is 2. The van der Waals surface area contributed by atoms with Crippen molar-refractivity contribution in [3.05, 3.63) is 60.7 Å². The van der Waals surface area contributed by atoms with Crippen molar-refractivity contribution in [3.63, 3.8) is 0 Å². The third-order valence-electron chi connectivity index (χ3n) is 2.72. The number of hydrogen-bond acceptors (Lipinski definition) is 3. The maximum absolute atomic E-state index is 4.01. The molecular formula is C13H13N5. The molecule has 0 bridgehead atoms. The van der Waals surface area contributed by atoms with Crippen molar-refractivity contribution in [2.45, 2.75) is 6.54 Å². The van der Waals surface area contributed by atoms with Gasteiger partial charge in [-0.3, -0.25) is 0 Å². The lowest BCUT2D eigenvalue weighted by Gasteiger charge is -2.10. The van der Waals surface area contributed by atoms with Gasteiger partial charge in [0.05, 0.1) is 23.8 Å². The summed E-state index contributed by atoms with van der Waals surface area (Å²) < 4.78 is 1.75. The van der Waals surface area contributed by atoms with E-state index >= 15 is 0 Å². The Morgan fingerprint density at radius 2 is 2.17 bits per heavy atom. The zero-order valence-corrected chi connectivity index (χ0v) is 9.74. The molecule has 2 N–H and O–H groups in total. The molecule has 2 aromatic heterocycles. The van der Waals surface area contributed by atoms with Gasteiger partial charge in [-0.25, -0.2) is 4.68 Å². The van der Waals surface area contributed by atoms with Crippen LogP contribution >= 0.6 is 0 Å². The molecule has 0 aliphatic carbocycles. The number of aromatic amines is 1. The number of rotatable bonds is 4. The zero-order valence-electron chi connectivity index (χ0n) is 9.74.